The lowest BCUT2D eigenvalue weighted by Crippen LogP contribution is -2.30. The van der Waals surface area contributed by atoms with Crippen LogP contribution in [0.15, 0.2) is 65.5 Å². The Morgan fingerprint density at radius 1 is 1.10 bits per heavy atom. The zero-order valence-corrected chi connectivity index (χ0v) is 15.4. The van der Waals surface area contributed by atoms with Crippen LogP contribution >= 0.6 is 0 Å². The Morgan fingerprint density at radius 2 is 1.93 bits per heavy atom. The summed E-state index contributed by atoms with van der Waals surface area (Å²) in [6.07, 6.45) is 3.85. The van der Waals surface area contributed by atoms with Gasteiger partial charge in [-0.05, 0) is 42.3 Å². The maximum Gasteiger partial charge on any atom is 0.338 e. The van der Waals surface area contributed by atoms with Crippen molar-refractivity contribution in [2.24, 2.45) is 0 Å². The first-order valence-electron chi connectivity index (χ1n) is 9.06. The number of carbonyl (C=O) groups excluding carboxylic acids is 2. The third-order valence-electron chi connectivity index (χ3n) is 4.45. The number of amides is 1. The molecule has 146 valence electrons. The van der Waals surface area contributed by atoms with E-state index in [4.69, 9.17) is 9.15 Å². The Kier molecular flexibility index (Phi) is 5.33. The van der Waals surface area contributed by atoms with Crippen molar-refractivity contribution in [3.05, 3.63) is 72.2 Å². The van der Waals surface area contributed by atoms with Crippen molar-refractivity contribution >= 4 is 22.8 Å². The molecule has 2 aromatic carbocycles. The van der Waals surface area contributed by atoms with E-state index < -0.39 is 5.97 Å². The second-order valence-electron chi connectivity index (χ2n) is 6.36. The number of hydrogen-bond acceptors (Lipinski definition) is 6. The second kappa shape index (κ2) is 8.39. The molecule has 2 heterocycles. The van der Waals surface area contributed by atoms with Crippen molar-refractivity contribution < 1.29 is 18.7 Å². The van der Waals surface area contributed by atoms with Crippen molar-refractivity contribution in [2.75, 3.05) is 13.2 Å². The molecule has 0 fully saturated rings. The smallest absolute Gasteiger partial charge is 0.338 e. The molecule has 1 amide bonds. The molecule has 0 spiro atoms. The Morgan fingerprint density at radius 3 is 2.72 bits per heavy atom. The Hall–Kier alpha value is -3.94. The molecule has 0 aliphatic carbocycles. The molecule has 0 radical (unpaired) electrons. The number of aromatic nitrogens is 3. The number of fused-ring (bicyclic) bond motifs is 1. The molecule has 0 unspecified atom stereocenters. The lowest BCUT2D eigenvalue weighted by Gasteiger charge is -2.07. The highest BCUT2D eigenvalue weighted by atomic mass is 16.5. The number of esters is 1. The molecule has 8 nitrogen and oxygen atoms in total. The molecule has 0 aliphatic rings. The number of para-hydroxylation sites is 1. The predicted molar refractivity (Wildman–Crippen MR) is 105 cm³/mol. The van der Waals surface area contributed by atoms with Crippen LogP contribution in [0.4, 0.5) is 0 Å². The standard InChI is InChI=1S/C21H18N4O4/c26-19(22-10-9-16-11-23-18-4-2-1-3-17(16)18)12-28-21(27)15-7-5-14(6-8-15)20-25-24-13-29-20/h1-8,11,13,23H,9-10,12H2,(H,22,26). The molecule has 0 saturated heterocycles. The SMILES string of the molecule is O=C(COC(=O)c1ccc(-c2nnco2)cc1)NCCc1c[nH]c2ccccc12. The zero-order valence-electron chi connectivity index (χ0n) is 15.4. The summed E-state index contributed by atoms with van der Waals surface area (Å²) < 4.78 is 10.2. The summed E-state index contributed by atoms with van der Waals surface area (Å²) in [5.74, 6) is -0.561. The number of nitrogens with zero attached hydrogens (tertiary/aromatic N) is 2. The van der Waals surface area contributed by atoms with Gasteiger partial charge in [-0.2, -0.15) is 0 Å². The van der Waals surface area contributed by atoms with E-state index in [9.17, 15) is 9.59 Å². The van der Waals surface area contributed by atoms with Crippen LogP contribution in [0.25, 0.3) is 22.4 Å². The topological polar surface area (TPSA) is 110 Å². The van der Waals surface area contributed by atoms with Crippen molar-refractivity contribution in [1.82, 2.24) is 20.5 Å². The van der Waals surface area contributed by atoms with Gasteiger partial charge in [-0.3, -0.25) is 4.79 Å². The average Bonchev–Trinajstić information content (AvgIpc) is 3.43. The Balaban J connectivity index is 1.23. The molecule has 2 N–H and O–H groups in total. The van der Waals surface area contributed by atoms with Gasteiger partial charge in [0.1, 0.15) is 0 Å². The van der Waals surface area contributed by atoms with E-state index in [1.807, 2.05) is 30.5 Å². The fraction of sp³-hybridized carbons (Fsp3) is 0.143. The molecule has 2 aromatic heterocycles. The minimum atomic E-state index is -0.575. The van der Waals surface area contributed by atoms with E-state index in [1.54, 1.807) is 24.3 Å². The molecule has 0 bridgehead atoms. The largest absolute Gasteiger partial charge is 0.452 e. The van der Waals surface area contributed by atoms with Gasteiger partial charge in [-0.1, -0.05) is 18.2 Å². The molecular weight excluding hydrogens is 372 g/mol. The first-order chi connectivity index (χ1) is 14.2. The zero-order chi connectivity index (χ0) is 20.1. The van der Waals surface area contributed by atoms with Gasteiger partial charge in [0.05, 0.1) is 5.56 Å². The molecule has 0 atom stereocenters. The van der Waals surface area contributed by atoms with E-state index in [0.29, 0.717) is 30.0 Å². The van der Waals surface area contributed by atoms with Crippen molar-refractivity contribution in [2.45, 2.75) is 6.42 Å². The number of hydrogen-bond donors (Lipinski definition) is 2. The van der Waals surface area contributed by atoms with E-state index in [-0.39, 0.29) is 12.5 Å². The number of ether oxygens (including phenoxy) is 1. The van der Waals surface area contributed by atoms with Crippen LogP contribution in [0.3, 0.4) is 0 Å². The quantitative estimate of drug-likeness (QED) is 0.470. The third-order valence-corrected chi connectivity index (χ3v) is 4.45. The second-order valence-corrected chi connectivity index (χ2v) is 6.36. The molecule has 4 rings (SSSR count). The van der Waals surface area contributed by atoms with Crippen LogP contribution in [0.2, 0.25) is 0 Å². The Bertz CT molecular complexity index is 1120. The van der Waals surface area contributed by atoms with E-state index >= 15 is 0 Å². The first-order valence-corrected chi connectivity index (χ1v) is 9.06. The molecule has 0 aliphatic heterocycles. The Labute approximate surface area is 165 Å². The van der Waals surface area contributed by atoms with Gasteiger partial charge in [0.25, 0.3) is 5.91 Å². The first kappa shape index (κ1) is 18.4. The van der Waals surface area contributed by atoms with Crippen molar-refractivity contribution in [3.8, 4) is 11.5 Å². The maximum atomic E-state index is 12.1. The lowest BCUT2D eigenvalue weighted by molar-refractivity contribution is -0.124. The summed E-state index contributed by atoms with van der Waals surface area (Å²) >= 11 is 0. The van der Waals surface area contributed by atoms with Gasteiger partial charge < -0.3 is 19.5 Å². The number of aromatic amines is 1. The number of benzene rings is 2. The number of nitrogens with one attached hydrogen (secondary N) is 2. The summed E-state index contributed by atoms with van der Waals surface area (Å²) in [7, 11) is 0. The highest BCUT2D eigenvalue weighted by Crippen LogP contribution is 2.18. The summed E-state index contributed by atoms with van der Waals surface area (Å²) in [5.41, 5.74) is 3.21. The van der Waals surface area contributed by atoms with E-state index in [1.165, 1.54) is 6.39 Å². The summed E-state index contributed by atoms with van der Waals surface area (Å²) in [6, 6.07) is 14.5. The number of rotatable bonds is 7. The van der Waals surface area contributed by atoms with Gasteiger partial charge in [-0.15, -0.1) is 10.2 Å². The van der Waals surface area contributed by atoms with Crippen LogP contribution < -0.4 is 5.32 Å². The average molecular weight is 390 g/mol. The normalized spacial score (nSPS) is 10.8. The van der Waals surface area contributed by atoms with E-state index in [0.717, 1.165) is 16.5 Å². The summed E-state index contributed by atoms with van der Waals surface area (Å²) in [5, 5.41) is 11.3. The monoisotopic (exact) mass is 390 g/mol. The van der Waals surface area contributed by atoms with Crippen LogP contribution in [-0.4, -0.2) is 40.2 Å². The molecule has 0 saturated carbocycles. The fourth-order valence-corrected chi connectivity index (χ4v) is 2.99. The van der Waals surface area contributed by atoms with Crippen molar-refractivity contribution in [3.63, 3.8) is 0 Å². The van der Waals surface area contributed by atoms with Gasteiger partial charge in [0.15, 0.2) is 6.61 Å². The van der Waals surface area contributed by atoms with Gasteiger partial charge in [0.2, 0.25) is 12.3 Å². The number of carbonyl (C=O) groups is 2. The van der Waals surface area contributed by atoms with E-state index in [2.05, 4.69) is 20.5 Å². The van der Waals surface area contributed by atoms with Crippen molar-refractivity contribution in [1.29, 1.82) is 0 Å². The highest BCUT2D eigenvalue weighted by Gasteiger charge is 2.12. The fourth-order valence-electron chi connectivity index (χ4n) is 2.99. The minimum Gasteiger partial charge on any atom is -0.452 e. The third kappa shape index (κ3) is 4.32. The highest BCUT2D eigenvalue weighted by molar-refractivity contribution is 5.91. The molecule has 4 aromatic rings. The van der Waals surface area contributed by atoms with Crippen LogP contribution in [-0.2, 0) is 16.0 Å². The van der Waals surface area contributed by atoms with Gasteiger partial charge >= 0.3 is 5.97 Å². The van der Waals surface area contributed by atoms with Crippen LogP contribution in [0, 0.1) is 0 Å². The lowest BCUT2D eigenvalue weighted by atomic mass is 10.1. The van der Waals surface area contributed by atoms with Gasteiger partial charge in [0, 0.05) is 29.2 Å². The predicted octanol–water partition coefficient (Wildman–Crippen LogP) is 2.73. The molecule has 29 heavy (non-hydrogen) atoms. The summed E-state index contributed by atoms with van der Waals surface area (Å²) in [4.78, 5) is 27.3. The maximum absolute atomic E-state index is 12.1. The minimum absolute atomic E-state index is 0.333. The summed E-state index contributed by atoms with van der Waals surface area (Å²) in [6.45, 7) is 0.120. The molecular formula is C21H18N4O4. The van der Waals surface area contributed by atoms with Crippen LogP contribution in [0.5, 0.6) is 0 Å². The number of H-pyrrole nitrogens is 1. The molecule has 8 heteroatoms. The van der Waals surface area contributed by atoms with Crippen LogP contribution in [0.1, 0.15) is 15.9 Å². The van der Waals surface area contributed by atoms with Gasteiger partial charge in [-0.25, -0.2) is 4.79 Å².